The molecule has 150 valence electrons. The highest BCUT2D eigenvalue weighted by molar-refractivity contribution is 5.97. The molecule has 0 fully saturated rings. The first kappa shape index (κ1) is 18.4. The molecule has 2 aromatic heterocycles. The van der Waals surface area contributed by atoms with Crippen LogP contribution in [0, 0.1) is 11.6 Å². The maximum Gasteiger partial charge on any atom is 0.187 e. The van der Waals surface area contributed by atoms with E-state index in [1.807, 2.05) is 12.1 Å². The second kappa shape index (κ2) is 7.29. The topological polar surface area (TPSA) is 65.6 Å². The standard InChI is InChI=1S/C22H17F2N5O/c23-18-4-1-5-19(24)17(18)10-22(30)20-11-21-16-9-15(28-12-25-26-13-28)7-6-14(16)3-2-8-29(21)27-20/h1,4-7,9,11-13H,2-3,8,10H2. The fourth-order valence-electron chi connectivity index (χ4n) is 3.83. The number of halogens is 2. The SMILES string of the molecule is O=C(Cc1c(F)cccc1F)c1cc2n(n1)CCCc1ccc(-n3cnnc3)cc1-2. The molecule has 3 heterocycles. The predicted molar refractivity (Wildman–Crippen MR) is 105 cm³/mol. The molecular weight excluding hydrogens is 388 g/mol. The highest BCUT2D eigenvalue weighted by Crippen LogP contribution is 2.31. The number of hydrogen-bond acceptors (Lipinski definition) is 4. The van der Waals surface area contributed by atoms with E-state index in [1.54, 1.807) is 28.0 Å². The number of carbonyl (C=O) groups excluding carboxylic acids is 1. The Balaban J connectivity index is 1.53. The van der Waals surface area contributed by atoms with E-state index in [9.17, 15) is 13.6 Å². The highest BCUT2D eigenvalue weighted by atomic mass is 19.1. The first-order valence-corrected chi connectivity index (χ1v) is 9.62. The van der Waals surface area contributed by atoms with Crippen LogP contribution in [0.4, 0.5) is 8.78 Å². The normalized spacial score (nSPS) is 12.9. The van der Waals surface area contributed by atoms with Crippen LogP contribution >= 0.6 is 0 Å². The van der Waals surface area contributed by atoms with Crippen molar-refractivity contribution in [1.29, 1.82) is 0 Å². The molecule has 6 nitrogen and oxygen atoms in total. The Labute approximate surface area is 170 Å². The molecule has 0 atom stereocenters. The molecular formula is C22H17F2N5O. The third-order valence-corrected chi connectivity index (χ3v) is 5.37. The second-order valence-corrected chi connectivity index (χ2v) is 7.25. The van der Waals surface area contributed by atoms with E-state index in [0.717, 1.165) is 47.5 Å². The number of hydrogen-bond donors (Lipinski definition) is 0. The minimum absolute atomic E-state index is 0.204. The number of rotatable bonds is 4. The van der Waals surface area contributed by atoms with E-state index in [-0.39, 0.29) is 17.7 Å². The van der Waals surface area contributed by atoms with Crippen molar-refractivity contribution in [2.45, 2.75) is 25.8 Å². The summed E-state index contributed by atoms with van der Waals surface area (Å²) in [5.74, 6) is -1.88. The summed E-state index contributed by atoms with van der Waals surface area (Å²) in [6.45, 7) is 0.660. The number of aryl methyl sites for hydroxylation is 2. The van der Waals surface area contributed by atoms with Crippen molar-refractivity contribution >= 4 is 5.78 Å². The predicted octanol–water partition coefficient (Wildman–Crippen LogP) is 3.78. The number of nitrogens with zero attached hydrogens (tertiary/aromatic N) is 5. The van der Waals surface area contributed by atoms with Crippen LogP contribution in [0.25, 0.3) is 16.9 Å². The lowest BCUT2D eigenvalue weighted by molar-refractivity contribution is 0.0985. The maximum atomic E-state index is 14.0. The average molecular weight is 405 g/mol. The maximum absolute atomic E-state index is 14.0. The van der Waals surface area contributed by atoms with Gasteiger partial charge in [0.15, 0.2) is 5.78 Å². The fourth-order valence-corrected chi connectivity index (χ4v) is 3.83. The lowest BCUT2D eigenvalue weighted by Gasteiger charge is -2.09. The average Bonchev–Trinajstić information content (AvgIpc) is 3.39. The van der Waals surface area contributed by atoms with Crippen molar-refractivity contribution in [3.63, 3.8) is 0 Å². The molecule has 4 aromatic rings. The molecule has 1 aliphatic rings. The van der Waals surface area contributed by atoms with Crippen molar-refractivity contribution in [1.82, 2.24) is 24.5 Å². The quantitative estimate of drug-likeness (QED) is 0.485. The summed E-state index contributed by atoms with van der Waals surface area (Å²) in [5.41, 5.74) is 3.81. The van der Waals surface area contributed by atoms with Gasteiger partial charge >= 0.3 is 0 Å². The Morgan fingerprint density at radius 3 is 2.57 bits per heavy atom. The molecule has 30 heavy (non-hydrogen) atoms. The van der Waals surface area contributed by atoms with Crippen LogP contribution in [0.2, 0.25) is 0 Å². The lowest BCUT2D eigenvalue weighted by atomic mass is 10.00. The summed E-state index contributed by atoms with van der Waals surface area (Å²) in [7, 11) is 0. The van der Waals surface area contributed by atoms with Crippen LogP contribution in [-0.4, -0.2) is 30.3 Å². The van der Waals surface area contributed by atoms with Gasteiger partial charge in [-0.3, -0.25) is 14.0 Å². The van der Waals surface area contributed by atoms with Crippen LogP contribution in [0.5, 0.6) is 0 Å². The fraction of sp³-hybridized carbons (Fsp3) is 0.182. The van der Waals surface area contributed by atoms with Crippen molar-refractivity contribution in [2.24, 2.45) is 0 Å². The Hall–Kier alpha value is -3.68. The zero-order chi connectivity index (χ0) is 20.7. The third-order valence-electron chi connectivity index (χ3n) is 5.37. The first-order valence-electron chi connectivity index (χ1n) is 9.62. The van der Waals surface area contributed by atoms with Crippen molar-refractivity contribution < 1.29 is 13.6 Å². The van der Waals surface area contributed by atoms with Crippen molar-refractivity contribution in [3.8, 4) is 16.9 Å². The van der Waals surface area contributed by atoms with Gasteiger partial charge in [0.25, 0.3) is 0 Å². The van der Waals surface area contributed by atoms with Crippen molar-refractivity contribution in [2.75, 3.05) is 0 Å². The van der Waals surface area contributed by atoms with Crippen LogP contribution in [0.3, 0.4) is 0 Å². The largest absolute Gasteiger partial charge is 0.292 e. The Kier molecular flexibility index (Phi) is 4.46. The van der Waals surface area contributed by atoms with Crippen LogP contribution in [0.1, 0.15) is 28.0 Å². The summed E-state index contributed by atoms with van der Waals surface area (Å²) in [5, 5.41) is 12.1. The van der Waals surface area contributed by atoms with E-state index < -0.39 is 17.4 Å². The molecule has 0 unspecified atom stereocenters. The monoisotopic (exact) mass is 405 g/mol. The molecule has 0 bridgehead atoms. The zero-order valence-electron chi connectivity index (χ0n) is 15.9. The molecule has 0 aliphatic carbocycles. The molecule has 0 amide bonds. The highest BCUT2D eigenvalue weighted by Gasteiger charge is 2.22. The molecule has 0 radical (unpaired) electrons. The minimum Gasteiger partial charge on any atom is -0.292 e. The van der Waals surface area contributed by atoms with Gasteiger partial charge in [-0.15, -0.1) is 10.2 Å². The molecule has 5 rings (SSSR count). The number of aromatic nitrogens is 5. The molecule has 1 aliphatic heterocycles. The summed E-state index contributed by atoms with van der Waals surface area (Å²) >= 11 is 0. The van der Waals surface area contributed by atoms with Gasteiger partial charge in [-0.05, 0) is 48.7 Å². The Morgan fingerprint density at radius 1 is 1.03 bits per heavy atom. The van der Waals surface area contributed by atoms with Gasteiger partial charge in [0.1, 0.15) is 30.0 Å². The van der Waals surface area contributed by atoms with Crippen molar-refractivity contribution in [3.05, 3.63) is 83.6 Å². The summed E-state index contributed by atoms with van der Waals surface area (Å²) in [6.07, 6.45) is 4.64. The summed E-state index contributed by atoms with van der Waals surface area (Å²) in [4.78, 5) is 12.8. The van der Waals surface area contributed by atoms with Gasteiger partial charge in [-0.25, -0.2) is 8.78 Å². The number of ketones is 1. The third kappa shape index (κ3) is 3.20. The van der Waals surface area contributed by atoms with E-state index in [0.29, 0.717) is 6.54 Å². The van der Waals surface area contributed by atoms with Gasteiger partial charge in [-0.2, -0.15) is 5.10 Å². The van der Waals surface area contributed by atoms with Gasteiger partial charge in [0.05, 0.1) is 5.69 Å². The van der Waals surface area contributed by atoms with Crippen LogP contribution < -0.4 is 0 Å². The van der Waals surface area contributed by atoms with Crippen LogP contribution in [-0.2, 0) is 19.4 Å². The zero-order valence-corrected chi connectivity index (χ0v) is 15.9. The lowest BCUT2D eigenvalue weighted by Crippen LogP contribution is -2.09. The van der Waals surface area contributed by atoms with E-state index >= 15 is 0 Å². The van der Waals surface area contributed by atoms with Crippen LogP contribution in [0.15, 0.2) is 55.1 Å². The van der Waals surface area contributed by atoms with Gasteiger partial charge in [0, 0.05) is 29.8 Å². The van der Waals surface area contributed by atoms with Gasteiger partial charge in [-0.1, -0.05) is 12.1 Å². The molecule has 0 spiro atoms. The van der Waals surface area contributed by atoms with E-state index in [1.165, 1.54) is 6.07 Å². The number of carbonyl (C=O) groups is 1. The van der Waals surface area contributed by atoms with E-state index in [2.05, 4.69) is 21.4 Å². The first-order chi connectivity index (χ1) is 14.6. The molecule has 8 heteroatoms. The molecule has 0 N–H and O–H groups in total. The Morgan fingerprint density at radius 2 is 1.80 bits per heavy atom. The van der Waals surface area contributed by atoms with Gasteiger partial charge < -0.3 is 0 Å². The second-order valence-electron chi connectivity index (χ2n) is 7.25. The molecule has 2 aromatic carbocycles. The van der Waals surface area contributed by atoms with Gasteiger partial charge in [0.2, 0.25) is 0 Å². The number of benzene rings is 2. The Bertz CT molecular complexity index is 1230. The summed E-state index contributed by atoms with van der Waals surface area (Å²) in [6, 6.07) is 11.4. The minimum atomic E-state index is -0.729. The smallest absolute Gasteiger partial charge is 0.187 e. The summed E-state index contributed by atoms with van der Waals surface area (Å²) < 4.78 is 31.5. The molecule has 0 saturated carbocycles. The number of Topliss-reactive ketones (excluding diaryl/α,β-unsaturated/α-hetero) is 1. The molecule has 0 saturated heterocycles. The number of fused-ring (bicyclic) bond motifs is 3. The van der Waals surface area contributed by atoms with E-state index in [4.69, 9.17) is 0 Å².